The molecule has 2 aliphatic heterocycles. The maximum atomic E-state index is 12.7. The lowest BCUT2D eigenvalue weighted by Crippen LogP contribution is -2.44. The highest BCUT2D eigenvalue weighted by Crippen LogP contribution is 2.49. The zero-order chi connectivity index (χ0) is 22.2. The number of esters is 4. The highest BCUT2D eigenvalue weighted by Gasteiger charge is 2.62. The van der Waals surface area contributed by atoms with Gasteiger partial charge in [-0.3, -0.25) is 14.4 Å². The molecule has 30 heavy (non-hydrogen) atoms. The first-order valence-corrected chi connectivity index (χ1v) is 10.1. The second-order valence-electron chi connectivity index (χ2n) is 8.36. The molecule has 0 aromatic rings. The molecule has 3 rings (SSSR count). The van der Waals surface area contributed by atoms with E-state index in [0.29, 0.717) is 5.57 Å². The normalized spacial score (nSPS) is 35.5. The first kappa shape index (κ1) is 22.3. The predicted octanol–water partition coefficient (Wildman–Crippen LogP) is 1.61. The quantitative estimate of drug-likeness (QED) is 0.377. The number of fused-ring (bicyclic) bond motifs is 2. The summed E-state index contributed by atoms with van der Waals surface area (Å²) >= 11 is 0. The first-order chi connectivity index (χ1) is 14.0. The summed E-state index contributed by atoms with van der Waals surface area (Å²) in [4.78, 5) is 47.8. The number of epoxide rings is 1. The first-order valence-electron chi connectivity index (χ1n) is 10.1. The summed E-state index contributed by atoms with van der Waals surface area (Å²) in [6, 6.07) is 0. The fourth-order valence-corrected chi connectivity index (χ4v) is 4.35. The molecule has 1 saturated carbocycles. The largest absolute Gasteiger partial charge is 0.461 e. The van der Waals surface area contributed by atoms with E-state index in [9.17, 15) is 19.2 Å². The molecular formula is C21H28O9. The van der Waals surface area contributed by atoms with Gasteiger partial charge < -0.3 is 23.7 Å². The second kappa shape index (κ2) is 8.37. The summed E-state index contributed by atoms with van der Waals surface area (Å²) in [6.07, 6.45) is -0.875. The van der Waals surface area contributed by atoms with Gasteiger partial charge in [0.05, 0.1) is 11.2 Å². The van der Waals surface area contributed by atoms with Crippen LogP contribution in [-0.2, 0) is 42.9 Å². The highest BCUT2D eigenvalue weighted by molar-refractivity contribution is 5.93. The van der Waals surface area contributed by atoms with Crippen LogP contribution in [0, 0.1) is 5.92 Å². The molecule has 2 heterocycles. The Hall–Kier alpha value is -2.42. The molecule has 0 bridgehead atoms. The Morgan fingerprint density at radius 1 is 1.10 bits per heavy atom. The lowest BCUT2D eigenvalue weighted by Gasteiger charge is -2.32. The van der Waals surface area contributed by atoms with Crippen molar-refractivity contribution < 1.29 is 42.9 Å². The van der Waals surface area contributed by atoms with E-state index in [2.05, 4.69) is 0 Å². The van der Waals surface area contributed by atoms with E-state index in [1.807, 2.05) is 13.8 Å². The molecule has 3 aliphatic rings. The van der Waals surface area contributed by atoms with Gasteiger partial charge in [-0.15, -0.1) is 0 Å². The Kier molecular flexibility index (Phi) is 6.21. The van der Waals surface area contributed by atoms with Crippen molar-refractivity contribution in [3.8, 4) is 0 Å². The van der Waals surface area contributed by atoms with Crippen LogP contribution < -0.4 is 0 Å². The van der Waals surface area contributed by atoms with Crippen molar-refractivity contribution in [1.82, 2.24) is 0 Å². The van der Waals surface area contributed by atoms with Crippen LogP contribution in [0.5, 0.6) is 0 Å². The van der Waals surface area contributed by atoms with Gasteiger partial charge in [0.25, 0.3) is 0 Å². The molecule has 0 N–H and O–H groups in total. The van der Waals surface area contributed by atoms with Gasteiger partial charge in [0, 0.05) is 26.3 Å². The van der Waals surface area contributed by atoms with Gasteiger partial charge >= 0.3 is 23.9 Å². The van der Waals surface area contributed by atoms with Crippen LogP contribution in [0.2, 0.25) is 0 Å². The lowest BCUT2D eigenvalue weighted by atomic mass is 9.82. The van der Waals surface area contributed by atoms with Crippen LogP contribution in [0.1, 0.15) is 53.9 Å². The van der Waals surface area contributed by atoms with Gasteiger partial charge in [-0.25, -0.2) is 4.79 Å². The van der Waals surface area contributed by atoms with Gasteiger partial charge in [-0.2, -0.15) is 0 Å². The van der Waals surface area contributed by atoms with Gasteiger partial charge in [0.15, 0.2) is 12.2 Å². The Balaban J connectivity index is 2.10. The molecule has 0 amide bonds. The van der Waals surface area contributed by atoms with E-state index in [1.165, 1.54) is 20.8 Å². The van der Waals surface area contributed by atoms with Crippen molar-refractivity contribution in [1.29, 1.82) is 0 Å². The summed E-state index contributed by atoms with van der Waals surface area (Å²) in [5, 5.41) is 0. The third-order valence-corrected chi connectivity index (χ3v) is 5.86. The van der Waals surface area contributed by atoms with Crippen molar-refractivity contribution in [3.05, 3.63) is 11.1 Å². The maximum Gasteiger partial charge on any atom is 0.338 e. The minimum absolute atomic E-state index is 0.0872. The molecule has 9 nitrogen and oxygen atoms in total. The van der Waals surface area contributed by atoms with E-state index in [-0.39, 0.29) is 18.1 Å². The summed E-state index contributed by atoms with van der Waals surface area (Å²) in [7, 11) is 0. The average molecular weight is 424 g/mol. The fraction of sp³-hybridized carbons (Fsp3) is 0.714. The summed E-state index contributed by atoms with van der Waals surface area (Å²) in [5.74, 6) is -2.46. The smallest absolute Gasteiger partial charge is 0.338 e. The predicted molar refractivity (Wildman–Crippen MR) is 101 cm³/mol. The number of rotatable bonds is 4. The van der Waals surface area contributed by atoms with Gasteiger partial charge in [0.2, 0.25) is 0 Å². The summed E-state index contributed by atoms with van der Waals surface area (Å²) in [5.41, 5.74) is -0.0847. The van der Waals surface area contributed by atoms with Crippen LogP contribution >= 0.6 is 0 Å². The lowest BCUT2D eigenvalue weighted by molar-refractivity contribution is -0.164. The van der Waals surface area contributed by atoms with Crippen LogP contribution in [0.4, 0.5) is 0 Å². The third kappa shape index (κ3) is 4.50. The van der Waals surface area contributed by atoms with E-state index >= 15 is 0 Å². The highest BCUT2D eigenvalue weighted by atomic mass is 16.6. The van der Waals surface area contributed by atoms with Crippen LogP contribution in [0.25, 0.3) is 0 Å². The molecular weight excluding hydrogens is 396 g/mol. The van der Waals surface area contributed by atoms with Crippen molar-refractivity contribution >= 4 is 23.9 Å². The number of ether oxygens (including phenoxy) is 5. The Labute approximate surface area is 175 Å². The molecule has 9 heteroatoms. The fourth-order valence-electron chi connectivity index (χ4n) is 4.35. The van der Waals surface area contributed by atoms with Crippen molar-refractivity contribution in [2.24, 2.45) is 5.92 Å². The minimum Gasteiger partial charge on any atom is -0.461 e. The van der Waals surface area contributed by atoms with Crippen LogP contribution in [0.15, 0.2) is 11.1 Å². The molecule has 0 spiro atoms. The van der Waals surface area contributed by atoms with Crippen molar-refractivity contribution in [2.45, 2.75) is 83.9 Å². The van der Waals surface area contributed by atoms with E-state index in [1.54, 1.807) is 0 Å². The van der Waals surface area contributed by atoms with E-state index < -0.39 is 53.9 Å². The SMILES string of the molecule is CC(=O)OCC1=C2C(OC1=O)C(OC(C)=O)C(C)CCCC1(C)OC1C2OC(C)=O. The Morgan fingerprint density at radius 3 is 2.37 bits per heavy atom. The summed E-state index contributed by atoms with van der Waals surface area (Å²) < 4.78 is 27.7. The Morgan fingerprint density at radius 2 is 1.77 bits per heavy atom. The van der Waals surface area contributed by atoms with Crippen molar-refractivity contribution in [2.75, 3.05) is 6.61 Å². The molecule has 0 aromatic heterocycles. The van der Waals surface area contributed by atoms with Crippen LogP contribution in [-0.4, -0.2) is 60.5 Å². The summed E-state index contributed by atoms with van der Waals surface area (Å²) in [6.45, 7) is 7.30. The number of hydrogen-bond acceptors (Lipinski definition) is 9. The monoisotopic (exact) mass is 424 g/mol. The third-order valence-electron chi connectivity index (χ3n) is 5.86. The molecule has 1 aliphatic carbocycles. The topological polar surface area (TPSA) is 118 Å². The zero-order valence-electron chi connectivity index (χ0n) is 17.9. The maximum absolute atomic E-state index is 12.7. The van der Waals surface area contributed by atoms with Gasteiger partial charge in [-0.05, 0) is 25.7 Å². The molecule has 6 unspecified atom stereocenters. The number of carbonyl (C=O) groups excluding carboxylic acids is 4. The average Bonchev–Trinajstić information content (AvgIpc) is 3.18. The molecule has 166 valence electrons. The molecule has 1 saturated heterocycles. The Bertz CT molecular complexity index is 785. The molecule has 6 atom stereocenters. The van der Waals surface area contributed by atoms with Gasteiger partial charge in [-0.1, -0.05) is 13.3 Å². The molecule has 2 fully saturated rings. The second-order valence-corrected chi connectivity index (χ2v) is 8.36. The van der Waals surface area contributed by atoms with Gasteiger partial charge in [0.1, 0.15) is 18.8 Å². The van der Waals surface area contributed by atoms with E-state index in [4.69, 9.17) is 23.7 Å². The van der Waals surface area contributed by atoms with Crippen molar-refractivity contribution in [3.63, 3.8) is 0 Å². The number of hydrogen-bond donors (Lipinski definition) is 0. The minimum atomic E-state index is -0.960. The number of carbonyl (C=O) groups is 4. The standard InChI is InChI=1S/C21H28O9/c1-10-7-6-8-21(5)19(30-21)18(28-13(4)24)15-14(9-26-11(2)22)20(25)29-17(15)16(10)27-12(3)23/h10,16-19H,6-9H2,1-5H3. The zero-order valence-corrected chi connectivity index (χ0v) is 17.9. The molecule has 0 aromatic carbocycles. The van der Waals surface area contributed by atoms with E-state index in [0.717, 1.165) is 19.3 Å². The van der Waals surface area contributed by atoms with Crippen LogP contribution in [0.3, 0.4) is 0 Å². The molecule has 0 radical (unpaired) electrons.